The first-order valence-electron chi connectivity index (χ1n) is 5.40. The number of rotatable bonds is 8. The van der Waals surface area contributed by atoms with Gasteiger partial charge < -0.3 is 10.8 Å². The van der Waals surface area contributed by atoms with Crippen LogP contribution in [0.3, 0.4) is 0 Å². The van der Waals surface area contributed by atoms with Crippen LogP contribution in [0.5, 0.6) is 0 Å². The van der Waals surface area contributed by atoms with E-state index in [2.05, 4.69) is 6.72 Å². The standard InChI is InChI=1S/C12H18N2O3/c1-3-10(12(13)17)7-9-14(2)8-5-4-6-11(15)16/h3,7,9H,2,4-6,8H2,1H3,(H2-,13,15,16,17)/p+1/b9-7-,10-3+. The molecule has 3 N–H and O–H groups in total. The minimum absolute atomic E-state index is 0.166. The van der Waals surface area contributed by atoms with Crippen LogP contribution in [-0.2, 0) is 9.59 Å². The Morgan fingerprint density at radius 3 is 2.53 bits per heavy atom. The maximum Gasteiger partial charge on any atom is 0.303 e. The molecule has 0 atom stereocenters. The number of carbonyl (C=O) groups is 2. The summed E-state index contributed by atoms with van der Waals surface area (Å²) in [4.78, 5) is 21.1. The minimum Gasteiger partial charge on any atom is -0.481 e. The molecule has 0 rings (SSSR count). The highest BCUT2D eigenvalue weighted by Gasteiger charge is 2.02. The fraction of sp³-hybridized carbons (Fsp3) is 0.417. The van der Waals surface area contributed by atoms with Crippen LogP contribution in [0, 0.1) is 0 Å². The van der Waals surface area contributed by atoms with E-state index in [4.69, 9.17) is 10.8 Å². The van der Waals surface area contributed by atoms with Gasteiger partial charge in [0.05, 0.1) is 0 Å². The number of carboxylic acid groups (broad SMARTS) is 1. The van der Waals surface area contributed by atoms with Crippen molar-refractivity contribution < 1.29 is 19.3 Å². The molecule has 5 nitrogen and oxygen atoms in total. The van der Waals surface area contributed by atoms with Gasteiger partial charge in [-0.15, -0.1) is 0 Å². The number of hydrogen-bond acceptors (Lipinski definition) is 2. The lowest BCUT2D eigenvalue weighted by atomic mass is 10.2. The Morgan fingerprint density at radius 2 is 2.06 bits per heavy atom. The van der Waals surface area contributed by atoms with Crippen molar-refractivity contribution in [3.8, 4) is 0 Å². The highest BCUT2D eigenvalue weighted by molar-refractivity contribution is 5.94. The predicted molar refractivity (Wildman–Crippen MR) is 65.8 cm³/mol. The molecule has 0 spiro atoms. The van der Waals surface area contributed by atoms with Gasteiger partial charge in [0.15, 0.2) is 6.20 Å². The van der Waals surface area contributed by atoms with Crippen molar-refractivity contribution in [2.45, 2.75) is 26.2 Å². The van der Waals surface area contributed by atoms with Crippen molar-refractivity contribution in [3.63, 3.8) is 0 Å². The van der Waals surface area contributed by atoms with E-state index in [1.54, 1.807) is 29.9 Å². The third kappa shape index (κ3) is 7.96. The lowest BCUT2D eigenvalue weighted by Gasteiger charge is -1.96. The molecular weight excluding hydrogens is 220 g/mol. The first-order valence-corrected chi connectivity index (χ1v) is 5.40. The van der Waals surface area contributed by atoms with Gasteiger partial charge in [-0.25, -0.2) is 4.58 Å². The predicted octanol–water partition coefficient (Wildman–Crippen LogP) is 0.900. The number of nitrogens with two attached hydrogens (primary N) is 1. The maximum absolute atomic E-state index is 10.9. The number of unbranched alkanes of at least 4 members (excludes halogenated alkanes) is 1. The number of allylic oxidation sites excluding steroid dienone is 1. The van der Waals surface area contributed by atoms with Crippen LogP contribution >= 0.6 is 0 Å². The first-order chi connectivity index (χ1) is 7.97. The normalized spacial score (nSPS) is 11.7. The van der Waals surface area contributed by atoms with E-state index in [0.29, 0.717) is 18.5 Å². The summed E-state index contributed by atoms with van der Waals surface area (Å²) < 4.78 is 1.65. The largest absolute Gasteiger partial charge is 0.481 e. The SMILES string of the molecule is C=[N+](/C=C\C(=C/C)C(N)=O)CCCCC(=O)O. The number of amides is 1. The van der Waals surface area contributed by atoms with E-state index in [1.807, 2.05) is 0 Å². The molecule has 0 radical (unpaired) electrons. The summed E-state index contributed by atoms with van der Waals surface area (Å²) in [7, 11) is 0. The second kappa shape index (κ2) is 8.27. The van der Waals surface area contributed by atoms with Crippen LogP contribution in [-0.4, -0.2) is 34.8 Å². The molecule has 1 amide bonds. The molecule has 0 aromatic carbocycles. The average molecular weight is 239 g/mol. The number of aliphatic carboxylic acids is 1. The topological polar surface area (TPSA) is 83.4 Å². The van der Waals surface area contributed by atoms with Crippen LogP contribution in [0.2, 0.25) is 0 Å². The van der Waals surface area contributed by atoms with Gasteiger partial charge in [0.1, 0.15) is 13.3 Å². The Balaban J connectivity index is 3.97. The van der Waals surface area contributed by atoms with Crippen LogP contribution in [0.15, 0.2) is 23.9 Å². The van der Waals surface area contributed by atoms with Gasteiger partial charge in [0, 0.05) is 24.5 Å². The van der Waals surface area contributed by atoms with Crippen molar-refractivity contribution in [2.75, 3.05) is 6.54 Å². The lowest BCUT2D eigenvalue weighted by molar-refractivity contribution is -0.448. The van der Waals surface area contributed by atoms with Crippen molar-refractivity contribution in [1.82, 2.24) is 0 Å². The molecule has 17 heavy (non-hydrogen) atoms. The molecule has 0 heterocycles. The van der Waals surface area contributed by atoms with Gasteiger partial charge in [0.25, 0.3) is 0 Å². The Labute approximate surface area is 101 Å². The highest BCUT2D eigenvalue weighted by atomic mass is 16.4. The smallest absolute Gasteiger partial charge is 0.303 e. The zero-order valence-corrected chi connectivity index (χ0v) is 10.1. The van der Waals surface area contributed by atoms with Crippen molar-refractivity contribution in [2.24, 2.45) is 5.73 Å². The van der Waals surface area contributed by atoms with Crippen LogP contribution < -0.4 is 5.73 Å². The van der Waals surface area contributed by atoms with E-state index in [-0.39, 0.29) is 6.42 Å². The molecule has 0 aromatic rings. The number of carboxylic acids is 1. The van der Waals surface area contributed by atoms with E-state index >= 15 is 0 Å². The third-order valence-corrected chi connectivity index (χ3v) is 2.15. The van der Waals surface area contributed by atoms with Gasteiger partial charge in [-0.05, 0) is 13.3 Å². The average Bonchev–Trinajstić information content (AvgIpc) is 2.24. The summed E-state index contributed by atoms with van der Waals surface area (Å²) >= 11 is 0. The fourth-order valence-corrected chi connectivity index (χ4v) is 1.17. The monoisotopic (exact) mass is 239 g/mol. The molecular formula is C12H19N2O3+. The number of primary amides is 1. The molecule has 0 aliphatic rings. The second-order valence-corrected chi connectivity index (χ2v) is 3.59. The van der Waals surface area contributed by atoms with E-state index in [9.17, 15) is 9.59 Å². The summed E-state index contributed by atoms with van der Waals surface area (Å²) in [5, 5.41) is 8.45. The number of hydrogen-bond donors (Lipinski definition) is 2. The number of carbonyl (C=O) groups excluding carboxylic acids is 1. The summed E-state index contributed by atoms with van der Waals surface area (Å²) in [6, 6.07) is 0. The van der Waals surface area contributed by atoms with Gasteiger partial charge in [-0.3, -0.25) is 9.59 Å². The molecule has 0 aliphatic carbocycles. The van der Waals surface area contributed by atoms with Crippen LogP contribution in [0.1, 0.15) is 26.2 Å². The highest BCUT2D eigenvalue weighted by Crippen LogP contribution is 1.98. The second-order valence-electron chi connectivity index (χ2n) is 3.59. The first kappa shape index (κ1) is 15.1. The Bertz CT molecular complexity index is 357. The molecule has 0 aliphatic heterocycles. The van der Waals surface area contributed by atoms with E-state index < -0.39 is 11.9 Å². The summed E-state index contributed by atoms with van der Waals surface area (Å²) in [6.07, 6.45) is 6.38. The van der Waals surface area contributed by atoms with E-state index in [0.717, 1.165) is 6.42 Å². The zero-order valence-electron chi connectivity index (χ0n) is 10.1. The van der Waals surface area contributed by atoms with Gasteiger partial charge in [-0.2, -0.15) is 0 Å². The minimum atomic E-state index is -0.791. The lowest BCUT2D eigenvalue weighted by Crippen LogP contribution is -2.13. The Hall–Kier alpha value is -1.91. The molecule has 0 fully saturated rings. The third-order valence-electron chi connectivity index (χ3n) is 2.15. The molecule has 0 saturated heterocycles. The van der Waals surface area contributed by atoms with Crippen molar-refractivity contribution in [1.29, 1.82) is 0 Å². The van der Waals surface area contributed by atoms with Crippen molar-refractivity contribution in [3.05, 3.63) is 23.9 Å². The fourth-order valence-electron chi connectivity index (χ4n) is 1.17. The maximum atomic E-state index is 10.9. The molecule has 0 unspecified atom stereocenters. The molecule has 0 aromatic heterocycles. The van der Waals surface area contributed by atoms with Gasteiger partial charge in [-0.1, -0.05) is 6.08 Å². The molecule has 94 valence electrons. The summed E-state index contributed by atoms with van der Waals surface area (Å²) in [5.74, 6) is -1.27. The molecule has 5 heteroatoms. The summed E-state index contributed by atoms with van der Waals surface area (Å²) in [5.41, 5.74) is 5.55. The molecule has 0 bridgehead atoms. The van der Waals surface area contributed by atoms with Crippen LogP contribution in [0.4, 0.5) is 0 Å². The Morgan fingerprint density at radius 1 is 1.41 bits per heavy atom. The van der Waals surface area contributed by atoms with Crippen LogP contribution in [0.25, 0.3) is 0 Å². The number of nitrogens with zero attached hydrogens (tertiary/aromatic N) is 1. The van der Waals surface area contributed by atoms with Gasteiger partial charge in [0.2, 0.25) is 5.91 Å². The van der Waals surface area contributed by atoms with Gasteiger partial charge >= 0.3 is 5.97 Å². The van der Waals surface area contributed by atoms with Crippen molar-refractivity contribution >= 4 is 18.6 Å². The zero-order chi connectivity index (χ0) is 13.3. The molecule has 0 saturated carbocycles. The summed E-state index contributed by atoms with van der Waals surface area (Å²) in [6.45, 7) is 6.11. The van der Waals surface area contributed by atoms with E-state index in [1.165, 1.54) is 0 Å². The quantitative estimate of drug-likeness (QED) is 0.217. The Kier molecular flexibility index (Phi) is 7.34.